The topological polar surface area (TPSA) is 43.6 Å². The lowest BCUT2D eigenvalue weighted by atomic mass is 10.1. The predicted octanol–water partition coefficient (Wildman–Crippen LogP) is 3.39. The molecule has 0 saturated carbocycles. The molecule has 1 heterocycles. The summed E-state index contributed by atoms with van der Waals surface area (Å²) in [4.78, 5) is 17.3. The molecule has 4 nitrogen and oxygen atoms in total. The van der Waals surface area contributed by atoms with Crippen LogP contribution in [0.4, 0.5) is 0 Å². The third kappa shape index (κ3) is 3.10. The number of aromatic nitrogens is 1. The Labute approximate surface area is 144 Å². The molecule has 0 unspecified atom stereocenters. The fraction of sp³-hybridized carbons (Fsp3) is 0.158. The standard InChI is InChI=1S/C19H16N2O2S/c1-4-11-21-16-10-9-15(23-3)12-17(16)24-19(21)20-18(22)14-7-5-13(2)6-8-14/h1,5-10,12H,11H2,2-3H3. The molecule has 0 spiro atoms. The van der Waals surface area contributed by atoms with E-state index in [0.717, 1.165) is 21.5 Å². The molecule has 0 aliphatic carbocycles. The van der Waals surface area contributed by atoms with Crippen LogP contribution in [0.3, 0.4) is 0 Å². The minimum absolute atomic E-state index is 0.278. The van der Waals surface area contributed by atoms with Crippen molar-refractivity contribution in [2.75, 3.05) is 7.11 Å². The normalized spacial score (nSPS) is 11.5. The molecule has 0 N–H and O–H groups in total. The monoisotopic (exact) mass is 336 g/mol. The zero-order chi connectivity index (χ0) is 17.1. The number of benzene rings is 2. The summed E-state index contributed by atoms with van der Waals surface area (Å²) in [6, 6.07) is 13.1. The van der Waals surface area contributed by atoms with Gasteiger partial charge in [-0.2, -0.15) is 4.99 Å². The van der Waals surface area contributed by atoms with Crippen LogP contribution in [0.25, 0.3) is 10.2 Å². The van der Waals surface area contributed by atoms with Gasteiger partial charge >= 0.3 is 0 Å². The maximum Gasteiger partial charge on any atom is 0.279 e. The lowest BCUT2D eigenvalue weighted by Crippen LogP contribution is -2.16. The highest BCUT2D eigenvalue weighted by atomic mass is 32.1. The van der Waals surface area contributed by atoms with Crippen LogP contribution in [0, 0.1) is 19.3 Å². The number of fused-ring (bicyclic) bond motifs is 1. The summed E-state index contributed by atoms with van der Waals surface area (Å²) in [7, 11) is 1.62. The molecule has 0 aliphatic heterocycles. The van der Waals surface area contributed by atoms with Crippen LogP contribution < -0.4 is 9.54 Å². The Balaban J connectivity index is 2.13. The van der Waals surface area contributed by atoms with Gasteiger partial charge in [-0.1, -0.05) is 35.0 Å². The number of terminal acetylenes is 1. The van der Waals surface area contributed by atoms with Crippen LogP contribution in [0.1, 0.15) is 15.9 Å². The van der Waals surface area contributed by atoms with Crippen LogP contribution in [0.15, 0.2) is 47.5 Å². The summed E-state index contributed by atoms with van der Waals surface area (Å²) < 4.78 is 8.09. The lowest BCUT2D eigenvalue weighted by molar-refractivity contribution is 0.0998. The SMILES string of the molecule is C#CCn1c(=NC(=O)c2ccc(C)cc2)sc2cc(OC)ccc21. The van der Waals surface area contributed by atoms with Crippen molar-refractivity contribution in [1.29, 1.82) is 0 Å². The first-order valence-electron chi connectivity index (χ1n) is 7.39. The average Bonchev–Trinajstić information content (AvgIpc) is 2.92. The largest absolute Gasteiger partial charge is 0.497 e. The molecule has 2 aromatic carbocycles. The Morgan fingerprint density at radius 3 is 2.71 bits per heavy atom. The number of nitrogens with zero attached hydrogens (tertiary/aromatic N) is 2. The van der Waals surface area contributed by atoms with Crippen molar-refractivity contribution in [2.24, 2.45) is 4.99 Å². The van der Waals surface area contributed by atoms with Gasteiger partial charge < -0.3 is 9.30 Å². The Morgan fingerprint density at radius 2 is 2.04 bits per heavy atom. The van der Waals surface area contributed by atoms with Gasteiger partial charge in [0.05, 0.1) is 23.9 Å². The number of methoxy groups -OCH3 is 1. The lowest BCUT2D eigenvalue weighted by Gasteiger charge is -2.01. The van der Waals surface area contributed by atoms with Gasteiger partial charge in [0.25, 0.3) is 5.91 Å². The molecule has 1 aromatic heterocycles. The molecular weight excluding hydrogens is 320 g/mol. The Hall–Kier alpha value is -2.84. The van der Waals surface area contributed by atoms with E-state index in [2.05, 4.69) is 10.9 Å². The molecule has 3 aromatic rings. The zero-order valence-electron chi connectivity index (χ0n) is 13.4. The maximum absolute atomic E-state index is 12.4. The van der Waals surface area contributed by atoms with E-state index in [4.69, 9.17) is 11.2 Å². The predicted molar refractivity (Wildman–Crippen MR) is 96.3 cm³/mol. The second-order valence-electron chi connectivity index (χ2n) is 5.29. The molecular formula is C19H16N2O2S. The van der Waals surface area contributed by atoms with Crippen molar-refractivity contribution in [3.8, 4) is 18.1 Å². The number of ether oxygens (including phenoxy) is 1. The summed E-state index contributed by atoms with van der Waals surface area (Å²) in [6.07, 6.45) is 5.48. The van der Waals surface area contributed by atoms with Crippen molar-refractivity contribution in [1.82, 2.24) is 4.57 Å². The molecule has 0 aliphatic rings. The van der Waals surface area contributed by atoms with E-state index in [0.29, 0.717) is 16.9 Å². The second-order valence-corrected chi connectivity index (χ2v) is 6.30. The smallest absolute Gasteiger partial charge is 0.279 e. The summed E-state index contributed by atoms with van der Waals surface area (Å²) in [6.45, 7) is 2.33. The van der Waals surface area contributed by atoms with Crippen molar-refractivity contribution in [2.45, 2.75) is 13.5 Å². The van der Waals surface area contributed by atoms with Crippen LogP contribution in [0.5, 0.6) is 5.75 Å². The molecule has 5 heteroatoms. The van der Waals surface area contributed by atoms with Gasteiger partial charge in [-0.3, -0.25) is 4.79 Å². The number of carbonyl (C=O) groups excluding carboxylic acids is 1. The first kappa shape index (κ1) is 16.0. The molecule has 0 radical (unpaired) electrons. The van der Waals surface area contributed by atoms with Crippen LogP contribution in [-0.2, 0) is 6.54 Å². The fourth-order valence-corrected chi connectivity index (χ4v) is 3.41. The van der Waals surface area contributed by atoms with E-state index in [-0.39, 0.29) is 5.91 Å². The van der Waals surface area contributed by atoms with Crippen molar-refractivity contribution in [3.05, 3.63) is 58.4 Å². The number of carbonyl (C=O) groups is 1. The maximum atomic E-state index is 12.4. The minimum atomic E-state index is -0.278. The van der Waals surface area contributed by atoms with E-state index in [1.165, 1.54) is 11.3 Å². The zero-order valence-corrected chi connectivity index (χ0v) is 14.3. The number of hydrogen-bond donors (Lipinski definition) is 0. The molecule has 24 heavy (non-hydrogen) atoms. The Kier molecular flexibility index (Phi) is 4.50. The number of aryl methyl sites for hydroxylation is 1. The molecule has 0 atom stereocenters. The second kappa shape index (κ2) is 6.73. The summed E-state index contributed by atoms with van der Waals surface area (Å²) in [5, 5.41) is 0. The quantitative estimate of drug-likeness (QED) is 0.688. The molecule has 0 fully saturated rings. The highest BCUT2D eigenvalue weighted by molar-refractivity contribution is 7.16. The third-order valence-corrected chi connectivity index (χ3v) is 4.68. The van der Waals surface area contributed by atoms with Crippen molar-refractivity contribution >= 4 is 27.5 Å². The summed E-state index contributed by atoms with van der Waals surface area (Å²) >= 11 is 1.42. The van der Waals surface area contributed by atoms with E-state index < -0.39 is 0 Å². The van der Waals surface area contributed by atoms with Gasteiger partial charge in [-0.15, -0.1) is 6.42 Å². The molecule has 120 valence electrons. The highest BCUT2D eigenvalue weighted by Crippen LogP contribution is 2.23. The van der Waals surface area contributed by atoms with Gasteiger partial charge in [-0.05, 0) is 37.3 Å². The first-order valence-corrected chi connectivity index (χ1v) is 8.20. The average molecular weight is 336 g/mol. The van der Waals surface area contributed by atoms with Gasteiger partial charge in [0.1, 0.15) is 5.75 Å². The molecule has 0 saturated heterocycles. The summed E-state index contributed by atoms with van der Waals surface area (Å²) in [5.74, 6) is 3.10. The number of rotatable bonds is 3. The van der Waals surface area contributed by atoms with Crippen molar-refractivity contribution < 1.29 is 9.53 Å². The Morgan fingerprint density at radius 1 is 1.29 bits per heavy atom. The molecule has 3 rings (SSSR count). The summed E-state index contributed by atoms with van der Waals surface area (Å²) in [5.41, 5.74) is 2.60. The molecule has 1 amide bonds. The number of amides is 1. The molecule has 0 bridgehead atoms. The van der Waals surface area contributed by atoms with Gasteiger partial charge in [0, 0.05) is 5.56 Å². The first-order chi connectivity index (χ1) is 11.6. The third-order valence-electron chi connectivity index (χ3n) is 3.64. The van der Waals surface area contributed by atoms with Crippen LogP contribution >= 0.6 is 11.3 Å². The van der Waals surface area contributed by atoms with Gasteiger partial charge in [0.15, 0.2) is 4.80 Å². The Bertz CT molecular complexity index is 1000. The van der Waals surface area contributed by atoms with E-state index in [1.807, 2.05) is 41.8 Å². The fourth-order valence-electron chi connectivity index (χ4n) is 2.36. The van der Waals surface area contributed by atoms with E-state index >= 15 is 0 Å². The van der Waals surface area contributed by atoms with Crippen molar-refractivity contribution in [3.63, 3.8) is 0 Å². The number of thiazole rings is 1. The van der Waals surface area contributed by atoms with Gasteiger partial charge in [-0.25, -0.2) is 0 Å². The minimum Gasteiger partial charge on any atom is -0.497 e. The van der Waals surface area contributed by atoms with E-state index in [9.17, 15) is 4.79 Å². The number of hydrogen-bond acceptors (Lipinski definition) is 3. The highest BCUT2D eigenvalue weighted by Gasteiger charge is 2.09. The van der Waals surface area contributed by atoms with Gasteiger partial charge in [0.2, 0.25) is 0 Å². The van der Waals surface area contributed by atoms with Crippen LogP contribution in [-0.4, -0.2) is 17.6 Å². The van der Waals surface area contributed by atoms with E-state index in [1.54, 1.807) is 19.2 Å². The van der Waals surface area contributed by atoms with Crippen LogP contribution in [0.2, 0.25) is 0 Å².